The Labute approximate surface area is 141 Å². The average Bonchev–Trinajstić information content (AvgIpc) is 2.49. The molecule has 23 heavy (non-hydrogen) atoms. The van der Waals surface area contributed by atoms with Gasteiger partial charge in [0.1, 0.15) is 11.4 Å². The third kappa shape index (κ3) is 3.05. The minimum Gasteiger partial charge on any atom is -0.476 e. The summed E-state index contributed by atoms with van der Waals surface area (Å²) in [4.78, 5) is 28.4. The lowest BCUT2D eigenvalue weighted by Crippen LogP contribution is -2.45. The van der Waals surface area contributed by atoms with Crippen LogP contribution in [0.1, 0.15) is 24.2 Å². The second kappa shape index (κ2) is 5.66. The first kappa shape index (κ1) is 15.5. The number of nitrogens with zero attached hydrogens (tertiary/aromatic N) is 1. The van der Waals surface area contributed by atoms with Crippen LogP contribution in [0.25, 0.3) is 0 Å². The zero-order valence-corrected chi connectivity index (χ0v) is 14.1. The molecule has 1 aliphatic rings. The van der Waals surface area contributed by atoms with Crippen LogP contribution in [0.2, 0.25) is 0 Å². The first-order chi connectivity index (χ1) is 10.9. The van der Waals surface area contributed by atoms with Crippen LogP contribution in [0, 0.1) is 0 Å². The fraction of sp³-hybridized carbons (Fsp3) is 0.188. The number of ether oxygens (including phenoxy) is 1. The van der Waals surface area contributed by atoms with E-state index in [1.807, 2.05) is 0 Å². The number of pyridine rings is 1. The number of anilines is 2. The van der Waals surface area contributed by atoms with Gasteiger partial charge >= 0.3 is 0 Å². The van der Waals surface area contributed by atoms with E-state index in [4.69, 9.17) is 4.74 Å². The standard InChI is InChI=1S/C16H14BrN3O3/c1-16(2)15(22)20-13-11(4-3-5-12(13)23-16)19-14(21)9-6-10(17)8-18-7-9/h3-8H,1-2H3,(H,19,21)(H,20,22). The SMILES string of the molecule is CC1(C)Oc2cccc(NC(=O)c3cncc(Br)c3)c2NC1=O. The van der Waals surface area contributed by atoms with Crippen LogP contribution in [0.5, 0.6) is 5.75 Å². The summed E-state index contributed by atoms with van der Waals surface area (Å²) in [5.74, 6) is -0.0816. The van der Waals surface area contributed by atoms with Crippen LogP contribution in [-0.2, 0) is 4.79 Å². The summed E-state index contributed by atoms with van der Waals surface area (Å²) < 4.78 is 6.40. The number of rotatable bonds is 2. The molecule has 2 N–H and O–H groups in total. The highest BCUT2D eigenvalue weighted by Crippen LogP contribution is 2.39. The summed E-state index contributed by atoms with van der Waals surface area (Å²) in [5, 5.41) is 5.55. The van der Waals surface area contributed by atoms with Crippen molar-refractivity contribution in [1.29, 1.82) is 0 Å². The average molecular weight is 376 g/mol. The third-order valence-electron chi connectivity index (χ3n) is 3.39. The largest absolute Gasteiger partial charge is 0.476 e. The van der Waals surface area contributed by atoms with Crippen molar-refractivity contribution in [2.24, 2.45) is 0 Å². The molecule has 0 fully saturated rings. The lowest BCUT2D eigenvalue weighted by molar-refractivity contribution is -0.129. The van der Waals surface area contributed by atoms with Crippen molar-refractivity contribution >= 4 is 39.1 Å². The Morgan fingerprint density at radius 3 is 2.87 bits per heavy atom. The summed E-state index contributed by atoms with van der Waals surface area (Å²) in [6, 6.07) is 6.86. The Hall–Kier alpha value is -2.41. The molecule has 3 rings (SSSR count). The fourth-order valence-electron chi connectivity index (χ4n) is 2.17. The maximum Gasteiger partial charge on any atom is 0.268 e. The summed E-state index contributed by atoms with van der Waals surface area (Å²) in [6.45, 7) is 3.37. The van der Waals surface area contributed by atoms with E-state index in [0.29, 0.717) is 27.2 Å². The molecule has 2 amide bonds. The molecule has 2 aromatic rings. The van der Waals surface area contributed by atoms with Gasteiger partial charge in [-0.15, -0.1) is 0 Å². The molecule has 0 unspecified atom stereocenters. The molecule has 0 aliphatic carbocycles. The van der Waals surface area contributed by atoms with Crippen molar-refractivity contribution in [3.8, 4) is 5.75 Å². The molecule has 1 aromatic carbocycles. The molecule has 0 radical (unpaired) electrons. The van der Waals surface area contributed by atoms with Gasteiger partial charge in [-0.05, 0) is 48.0 Å². The minimum absolute atomic E-state index is 0.268. The van der Waals surface area contributed by atoms with E-state index in [0.717, 1.165) is 0 Å². The smallest absolute Gasteiger partial charge is 0.268 e. The highest BCUT2D eigenvalue weighted by molar-refractivity contribution is 9.10. The van der Waals surface area contributed by atoms with Gasteiger partial charge in [0.25, 0.3) is 11.8 Å². The quantitative estimate of drug-likeness (QED) is 0.844. The van der Waals surface area contributed by atoms with Gasteiger partial charge in [0, 0.05) is 16.9 Å². The molecule has 0 saturated heterocycles. The Kier molecular flexibility index (Phi) is 3.81. The van der Waals surface area contributed by atoms with Crippen molar-refractivity contribution in [3.05, 3.63) is 46.7 Å². The number of fused-ring (bicyclic) bond motifs is 1. The molecule has 0 atom stereocenters. The highest BCUT2D eigenvalue weighted by atomic mass is 79.9. The number of amides is 2. The molecule has 118 valence electrons. The van der Waals surface area contributed by atoms with E-state index < -0.39 is 5.60 Å². The van der Waals surface area contributed by atoms with Crippen molar-refractivity contribution < 1.29 is 14.3 Å². The maximum atomic E-state index is 12.3. The van der Waals surface area contributed by atoms with Gasteiger partial charge in [-0.3, -0.25) is 14.6 Å². The number of aromatic nitrogens is 1. The number of hydrogen-bond donors (Lipinski definition) is 2. The van der Waals surface area contributed by atoms with Crippen LogP contribution in [0.15, 0.2) is 41.1 Å². The lowest BCUT2D eigenvalue weighted by atomic mass is 10.1. The Morgan fingerprint density at radius 2 is 2.13 bits per heavy atom. The third-order valence-corrected chi connectivity index (χ3v) is 3.83. The summed E-state index contributed by atoms with van der Waals surface area (Å²) in [5.41, 5.74) is 0.369. The van der Waals surface area contributed by atoms with Gasteiger partial charge < -0.3 is 15.4 Å². The summed E-state index contributed by atoms with van der Waals surface area (Å²) >= 11 is 3.28. The van der Waals surface area contributed by atoms with Crippen LogP contribution >= 0.6 is 15.9 Å². The number of benzene rings is 1. The number of carbonyl (C=O) groups is 2. The lowest BCUT2D eigenvalue weighted by Gasteiger charge is -2.32. The first-order valence-electron chi connectivity index (χ1n) is 6.92. The van der Waals surface area contributed by atoms with Crippen LogP contribution in [0.3, 0.4) is 0 Å². The predicted octanol–water partition coefficient (Wildman–Crippen LogP) is 3.21. The number of nitrogens with one attached hydrogen (secondary N) is 2. The van der Waals surface area contributed by atoms with Crippen molar-refractivity contribution in [2.75, 3.05) is 10.6 Å². The summed E-state index contributed by atoms with van der Waals surface area (Å²) in [6.07, 6.45) is 3.06. The molecular formula is C16H14BrN3O3. The number of carbonyl (C=O) groups excluding carboxylic acids is 2. The second-order valence-electron chi connectivity index (χ2n) is 5.59. The molecule has 0 bridgehead atoms. The topological polar surface area (TPSA) is 80.3 Å². The van der Waals surface area contributed by atoms with E-state index >= 15 is 0 Å². The predicted molar refractivity (Wildman–Crippen MR) is 89.7 cm³/mol. The van der Waals surface area contributed by atoms with Gasteiger partial charge in [0.2, 0.25) is 0 Å². The Balaban J connectivity index is 1.91. The van der Waals surface area contributed by atoms with Crippen molar-refractivity contribution in [2.45, 2.75) is 19.4 Å². The van der Waals surface area contributed by atoms with E-state index in [2.05, 4.69) is 31.5 Å². The molecule has 0 spiro atoms. The van der Waals surface area contributed by atoms with Gasteiger partial charge in [0.15, 0.2) is 5.60 Å². The Bertz CT molecular complexity index is 805. The molecule has 0 saturated carbocycles. The van der Waals surface area contributed by atoms with E-state index in [1.165, 1.54) is 6.20 Å². The zero-order valence-electron chi connectivity index (χ0n) is 12.5. The second-order valence-corrected chi connectivity index (χ2v) is 6.51. The van der Waals surface area contributed by atoms with Crippen LogP contribution in [0.4, 0.5) is 11.4 Å². The molecule has 1 aliphatic heterocycles. The highest BCUT2D eigenvalue weighted by Gasteiger charge is 2.36. The number of halogens is 1. The van der Waals surface area contributed by atoms with E-state index in [9.17, 15) is 9.59 Å². The van der Waals surface area contributed by atoms with Crippen LogP contribution in [-0.4, -0.2) is 22.4 Å². The van der Waals surface area contributed by atoms with Gasteiger partial charge in [-0.25, -0.2) is 0 Å². The number of hydrogen-bond acceptors (Lipinski definition) is 4. The van der Waals surface area contributed by atoms with Gasteiger partial charge in [0.05, 0.1) is 11.3 Å². The van der Waals surface area contributed by atoms with Crippen molar-refractivity contribution in [1.82, 2.24) is 4.98 Å². The Morgan fingerprint density at radius 1 is 1.35 bits per heavy atom. The minimum atomic E-state index is -0.955. The van der Waals surface area contributed by atoms with Crippen molar-refractivity contribution in [3.63, 3.8) is 0 Å². The monoisotopic (exact) mass is 375 g/mol. The first-order valence-corrected chi connectivity index (χ1v) is 7.71. The van der Waals surface area contributed by atoms with E-state index in [1.54, 1.807) is 44.3 Å². The molecular weight excluding hydrogens is 362 g/mol. The van der Waals surface area contributed by atoms with E-state index in [-0.39, 0.29) is 11.8 Å². The normalized spacial score (nSPS) is 15.2. The molecule has 2 heterocycles. The van der Waals surface area contributed by atoms with Gasteiger partial charge in [-0.1, -0.05) is 6.07 Å². The molecule has 1 aromatic heterocycles. The zero-order chi connectivity index (χ0) is 16.6. The maximum absolute atomic E-state index is 12.3. The summed E-state index contributed by atoms with van der Waals surface area (Å²) in [7, 11) is 0. The van der Waals surface area contributed by atoms with Gasteiger partial charge in [-0.2, -0.15) is 0 Å². The van der Waals surface area contributed by atoms with Crippen LogP contribution < -0.4 is 15.4 Å². The number of para-hydroxylation sites is 1. The molecule has 7 heteroatoms. The fourth-order valence-corrected chi connectivity index (χ4v) is 2.53. The molecule has 6 nitrogen and oxygen atoms in total.